The molecular formula is C22H27FN2O3. The summed E-state index contributed by atoms with van der Waals surface area (Å²) in [4.78, 5) is 26.8. The highest BCUT2D eigenvalue weighted by Gasteiger charge is 2.27. The summed E-state index contributed by atoms with van der Waals surface area (Å²) in [5, 5.41) is 2.83. The Morgan fingerprint density at radius 1 is 1.07 bits per heavy atom. The van der Waals surface area contributed by atoms with Crippen LogP contribution in [0.3, 0.4) is 0 Å². The van der Waals surface area contributed by atoms with Crippen LogP contribution in [0.25, 0.3) is 0 Å². The van der Waals surface area contributed by atoms with Crippen LogP contribution in [0.15, 0.2) is 48.5 Å². The van der Waals surface area contributed by atoms with Crippen LogP contribution in [0.5, 0.6) is 5.75 Å². The second-order valence-corrected chi connectivity index (χ2v) is 7.01. The molecule has 0 saturated carbocycles. The molecule has 0 bridgehead atoms. The number of carbonyl (C=O) groups excluding carboxylic acids is 2. The minimum absolute atomic E-state index is 0.00553. The van der Waals surface area contributed by atoms with E-state index in [0.717, 1.165) is 11.1 Å². The topological polar surface area (TPSA) is 58.6 Å². The fourth-order valence-electron chi connectivity index (χ4n) is 2.74. The lowest BCUT2D eigenvalue weighted by molar-refractivity contribution is -0.142. The van der Waals surface area contributed by atoms with Crippen molar-refractivity contribution in [2.75, 3.05) is 6.61 Å². The number of hydrogen-bond donors (Lipinski definition) is 1. The number of carbonyl (C=O) groups is 2. The third-order valence-electron chi connectivity index (χ3n) is 4.39. The van der Waals surface area contributed by atoms with Gasteiger partial charge in [-0.1, -0.05) is 36.4 Å². The van der Waals surface area contributed by atoms with Crippen molar-refractivity contribution in [3.63, 3.8) is 0 Å². The van der Waals surface area contributed by atoms with Crippen LogP contribution in [-0.2, 0) is 16.1 Å². The van der Waals surface area contributed by atoms with Crippen LogP contribution in [0.1, 0.15) is 31.9 Å². The number of para-hydroxylation sites is 1. The first-order valence-corrected chi connectivity index (χ1v) is 9.31. The SMILES string of the molecule is Cc1ccccc1CN(C(=O)COc1ccccc1F)C(C)C(=O)NC(C)C. The van der Waals surface area contributed by atoms with Gasteiger partial charge in [0, 0.05) is 12.6 Å². The van der Waals surface area contributed by atoms with Crippen molar-refractivity contribution in [3.05, 3.63) is 65.5 Å². The molecule has 0 aliphatic carbocycles. The number of nitrogens with zero attached hydrogens (tertiary/aromatic N) is 1. The first kappa shape index (κ1) is 21.4. The van der Waals surface area contributed by atoms with Gasteiger partial charge >= 0.3 is 0 Å². The predicted molar refractivity (Wildman–Crippen MR) is 106 cm³/mol. The summed E-state index contributed by atoms with van der Waals surface area (Å²) in [6, 6.07) is 12.8. The third kappa shape index (κ3) is 5.81. The fourth-order valence-corrected chi connectivity index (χ4v) is 2.74. The van der Waals surface area contributed by atoms with Crippen molar-refractivity contribution in [3.8, 4) is 5.75 Å². The van der Waals surface area contributed by atoms with Crippen LogP contribution in [0.2, 0.25) is 0 Å². The Morgan fingerprint density at radius 3 is 2.36 bits per heavy atom. The average molecular weight is 386 g/mol. The van der Waals surface area contributed by atoms with Gasteiger partial charge in [0.05, 0.1) is 0 Å². The Morgan fingerprint density at radius 2 is 1.71 bits per heavy atom. The number of aryl methyl sites for hydroxylation is 1. The molecule has 2 amide bonds. The smallest absolute Gasteiger partial charge is 0.261 e. The maximum Gasteiger partial charge on any atom is 0.261 e. The maximum atomic E-state index is 13.8. The van der Waals surface area contributed by atoms with Crippen molar-refractivity contribution < 1.29 is 18.7 Å². The van der Waals surface area contributed by atoms with E-state index in [0.29, 0.717) is 0 Å². The second kappa shape index (κ2) is 9.88. The van der Waals surface area contributed by atoms with E-state index in [4.69, 9.17) is 4.74 Å². The van der Waals surface area contributed by atoms with Crippen LogP contribution in [0, 0.1) is 12.7 Å². The van der Waals surface area contributed by atoms with Crippen LogP contribution < -0.4 is 10.1 Å². The molecule has 1 unspecified atom stereocenters. The molecule has 2 aromatic carbocycles. The minimum atomic E-state index is -0.696. The van der Waals surface area contributed by atoms with Crippen molar-refractivity contribution in [1.82, 2.24) is 10.2 Å². The molecule has 0 aliphatic rings. The highest BCUT2D eigenvalue weighted by molar-refractivity contribution is 5.88. The van der Waals surface area contributed by atoms with Gasteiger partial charge in [-0.2, -0.15) is 0 Å². The number of benzene rings is 2. The zero-order chi connectivity index (χ0) is 20.7. The number of ether oxygens (including phenoxy) is 1. The molecule has 2 rings (SSSR count). The van der Waals surface area contributed by atoms with Gasteiger partial charge in [0.15, 0.2) is 18.2 Å². The van der Waals surface area contributed by atoms with E-state index in [1.54, 1.807) is 19.1 Å². The Labute approximate surface area is 165 Å². The van der Waals surface area contributed by atoms with Crippen molar-refractivity contribution >= 4 is 11.8 Å². The van der Waals surface area contributed by atoms with Gasteiger partial charge < -0.3 is 15.0 Å². The van der Waals surface area contributed by atoms with Gasteiger partial charge in [-0.25, -0.2) is 4.39 Å². The van der Waals surface area contributed by atoms with Gasteiger partial charge in [-0.05, 0) is 51.0 Å². The summed E-state index contributed by atoms with van der Waals surface area (Å²) in [5.74, 6) is -1.17. The molecule has 1 N–H and O–H groups in total. The van der Waals surface area contributed by atoms with Gasteiger partial charge in [0.2, 0.25) is 5.91 Å². The molecule has 0 radical (unpaired) electrons. The van der Waals surface area contributed by atoms with E-state index in [9.17, 15) is 14.0 Å². The summed E-state index contributed by atoms with van der Waals surface area (Å²) in [7, 11) is 0. The molecule has 0 saturated heterocycles. The lowest BCUT2D eigenvalue weighted by Crippen LogP contribution is -2.50. The first-order valence-electron chi connectivity index (χ1n) is 9.31. The molecule has 1 atom stereocenters. The summed E-state index contributed by atoms with van der Waals surface area (Å²) in [5.41, 5.74) is 1.96. The minimum Gasteiger partial charge on any atom is -0.481 e. The quantitative estimate of drug-likeness (QED) is 0.756. The molecule has 2 aromatic rings. The molecule has 28 heavy (non-hydrogen) atoms. The van der Waals surface area contributed by atoms with Crippen molar-refractivity contribution in [1.29, 1.82) is 0 Å². The van der Waals surface area contributed by atoms with Gasteiger partial charge in [-0.15, -0.1) is 0 Å². The van der Waals surface area contributed by atoms with Gasteiger partial charge in [0.25, 0.3) is 5.91 Å². The van der Waals surface area contributed by atoms with Crippen LogP contribution in [0.4, 0.5) is 4.39 Å². The van der Waals surface area contributed by atoms with E-state index in [-0.39, 0.29) is 30.9 Å². The van der Waals surface area contributed by atoms with Crippen LogP contribution in [-0.4, -0.2) is 35.4 Å². The maximum absolute atomic E-state index is 13.8. The first-order chi connectivity index (χ1) is 13.3. The summed E-state index contributed by atoms with van der Waals surface area (Å²) in [6.07, 6.45) is 0. The lowest BCUT2D eigenvalue weighted by atomic mass is 10.1. The van der Waals surface area contributed by atoms with E-state index in [2.05, 4.69) is 5.32 Å². The molecule has 0 fully saturated rings. The Kier molecular flexibility index (Phi) is 7.55. The Balaban J connectivity index is 2.18. The average Bonchev–Trinajstić information content (AvgIpc) is 2.65. The van der Waals surface area contributed by atoms with Crippen molar-refractivity contribution in [2.45, 2.75) is 46.3 Å². The third-order valence-corrected chi connectivity index (χ3v) is 4.39. The molecular weight excluding hydrogens is 359 g/mol. The van der Waals surface area contributed by atoms with Crippen LogP contribution >= 0.6 is 0 Å². The van der Waals surface area contributed by atoms with Gasteiger partial charge in [0.1, 0.15) is 6.04 Å². The van der Waals surface area contributed by atoms with E-state index in [1.807, 2.05) is 45.0 Å². The molecule has 0 aromatic heterocycles. The predicted octanol–water partition coefficient (Wildman–Crippen LogP) is 3.45. The zero-order valence-corrected chi connectivity index (χ0v) is 16.7. The Hall–Kier alpha value is -2.89. The number of nitrogens with one attached hydrogen (secondary N) is 1. The van der Waals surface area contributed by atoms with E-state index in [1.165, 1.54) is 17.0 Å². The normalized spacial score (nSPS) is 11.8. The molecule has 0 heterocycles. The lowest BCUT2D eigenvalue weighted by Gasteiger charge is -2.29. The number of hydrogen-bond acceptors (Lipinski definition) is 3. The number of halogens is 1. The van der Waals surface area contributed by atoms with Gasteiger partial charge in [-0.3, -0.25) is 9.59 Å². The molecule has 0 aliphatic heterocycles. The zero-order valence-electron chi connectivity index (χ0n) is 16.7. The number of rotatable bonds is 8. The second-order valence-electron chi connectivity index (χ2n) is 7.01. The highest BCUT2D eigenvalue weighted by Crippen LogP contribution is 2.17. The molecule has 150 valence electrons. The van der Waals surface area contributed by atoms with Crippen molar-refractivity contribution in [2.24, 2.45) is 0 Å². The highest BCUT2D eigenvalue weighted by atomic mass is 19.1. The molecule has 0 spiro atoms. The summed E-state index contributed by atoms with van der Waals surface area (Å²) < 4.78 is 19.1. The summed E-state index contributed by atoms with van der Waals surface area (Å²) >= 11 is 0. The molecule has 5 nitrogen and oxygen atoms in total. The summed E-state index contributed by atoms with van der Waals surface area (Å²) in [6.45, 7) is 7.26. The standard InChI is InChI=1S/C22H27FN2O3/c1-15(2)24-22(27)17(4)25(13-18-10-6-5-9-16(18)3)21(26)14-28-20-12-8-7-11-19(20)23/h5-12,15,17H,13-14H2,1-4H3,(H,24,27). The Bertz CT molecular complexity index is 823. The van der Waals surface area contributed by atoms with E-state index >= 15 is 0 Å². The van der Waals surface area contributed by atoms with E-state index < -0.39 is 17.8 Å². The largest absolute Gasteiger partial charge is 0.481 e. The number of amides is 2. The molecule has 6 heteroatoms. The monoisotopic (exact) mass is 386 g/mol. The fraction of sp³-hybridized carbons (Fsp3) is 0.364.